The molecule has 0 radical (unpaired) electrons. The van der Waals surface area contributed by atoms with Crippen LogP contribution in [0.15, 0.2) is 85.1 Å². The Kier molecular flexibility index (Phi) is 56.3. The van der Waals surface area contributed by atoms with E-state index in [4.69, 9.17) is 14.2 Å². The van der Waals surface area contributed by atoms with E-state index in [1.54, 1.807) is 0 Å². The summed E-state index contributed by atoms with van der Waals surface area (Å²) in [5.41, 5.74) is 0. The lowest BCUT2D eigenvalue weighted by Crippen LogP contribution is -2.30. The number of hydrogen-bond donors (Lipinski definition) is 0. The average Bonchev–Trinajstić information content (AvgIpc) is 3.37. The Morgan fingerprint density at radius 2 is 0.577 bits per heavy atom. The molecule has 0 aliphatic carbocycles. The zero-order valence-electron chi connectivity index (χ0n) is 46.7. The van der Waals surface area contributed by atoms with Crippen molar-refractivity contribution in [3.8, 4) is 0 Å². The molecule has 1 atom stereocenters. The highest BCUT2D eigenvalue weighted by molar-refractivity contribution is 5.71. The largest absolute Gasteiger partial charge is 0.462 e. The van der Waals surface area contributed by atoms with E-state index >= 15 is 0 Å². The zero-order valence-corrected chi connectivity index (χ0v) is 46.7. The predicted molar refractivity (Wildman–Crippen MR) is 307 cm³/mol. The van der Waals surface area contributed by atoms with E-state index in [1.807, 2.05) is 0 Å². The molecule has 0 aromatic carbocycles. The van der Waals surface area contributed by atoms with Crippen LogP contribution in [-0.2, 0) is 28.6 Å². The summed E-state index contributed by atoms with van der Waals surface area (Å²) >= 11 is 0. The van der Waals surface area contributed by atoms with E-state index in [0.717, 1.165) is 128 Å². The van der Waals surface area contributed by atoms with Crippen LogP contribution in [0.3, 0.4) is 0 Å². The Morgan fingerprint density at radius 3 is 0.930 bits per heavy atom. The van der Waals surface area contributed by atoms with E-state index in [2.05, 4.69) is 106 Å². The smallest absolute Gasteiger partial charge is 0.306 e. The van der Waals surface area contributed by atoms with Crippen LogP contribution in [0, 0.1) is 0 Å². The Morgan fingerprint density at radius 1 is 0.296 bits per heavy atom. The third-order valence-electron chi connectivity index (χ3n) is 12.9. The highest BCUT2D eigenvalue weighted by Crippen LogP contribution is 2.16. The molecule has 0 saturated heterocycles. The van der Waals surface area contributed by atoms with E-state index in [1.165, 1.54) is 122 Å². The Hall–Kier alpha value is -3.41. The molecule has 71 heavy (non-hydrogen) atoms. The molecule has 0 heterocycles. The van der Waals surface area contributed by atoms with Crippen LogP contribution >= 0.6 is 0 Å². The van der Waals surface area contributed by atoms with Crippen LogP contribution in [0.5, 0.6) is 0 Å². The molecular formula is C65H112O6. The first-order valence-corrected chi connectivity index (χ1v) is 30.1. The normalized spacial score (nSPS) is 12.7. The van der Waals surface area contributed by atoms with Gasteiger partial charge in [0, 0.05) is 19.3 Å². The fourth-order valence-electron chi connectivity index (χ4n) is 8.39. The van der Waals surface area contributed by atoms with Gasteiger partial charge in [0.15, 0.2) is 6.10 Å². The van der Waals surface area contributed by atoms with Gasteiger partial charge in [-0.25, -0.2) is 0 Å². The van der Waals surface area contributed by atoms with E-state index in [9.17, 15) is 14.4 Å². The molecule has 0 aromatic heterocycles. The zero-order chi connectivity index (χ0) is 51.4. The lowest BCUT2D eigenvalue weighted by atomic mass is 10.0. The summed E-state index contributed by atoms with van der Waals surface area (Å²) in [6.45, 7) is 6.45. The molecule has 6 nitrogen and oxygen atoms in total. The molecule has 0 bridgehead atoms. The van der Waals surface area contributed by atoms with Gasteiger partial charge >= 0.3 is 17.9 Å². The van der Waals surface area contributed by atoms with Crippen molar-refractivity contribution < 1.29 is 28.6 Å². The summed E-state index contributed by atoms with van der Waals surface area (Å²) < 4.78 is 16.9. The van der Waals surface area contributed by atoms with E-state index < -0.39 is 6.10 Å². The molecule has 0 aliphatic rings. The lowest BCUT2D eigenvalue weighted by Gasteiger charge is -2.18. The molecule has 0 N–H and O–H groups in total. The van der Waals surface area contributed by atoms with Gasteiger partial charge < -0.3 is 14.2 Å². The number of allylic oxidation sites excluding steroid dienone is 14. The van der Waals surface area contributed by atoms with Crippen molar-refractivity contribution in [2.75, 3.05) is 13.2 Å². The van der Waals surface area contributed by atoms with Crippen LogP contribution in [0.4, 0.5) is 0 Å². The molecule has 1 unspecified atom stereocenters. The minimum atomic E-state index is -0.799. The number of carbonyl (C=O) groups is 3. The van der Waals surface area contributed by atoms with Crippen molar-refractivity contribution in [2.24, 2.45) is 0 Å². The van der Waals surface area contributed by atoms with Crippen LogP contribution in [0.2, 0.25) is 0 Å². The van der Waals surface area contributed by atoms with Gasteiger partial charge in [-0.05, 0) is 89.9 Å². The molecule has 0 saturated carbocycles. The summed E-state index contributed by atoms with van der Waals surface area (Å²) in [4.78, 5) is 38.2. The lowest BCUT2D eigenvalue weighted by molar-refractivity contribution is -0.167. The first kappa shape index (κ1) is 67.6. The number of unbranched alkanes of at least 4 members (excludes halogenated alkanes) is 29. The van der Waals surface area contributed by atoms with Gasteiger partial charge in [0.05, 0.1) is 0 Å². The molecule has 408 valence electrons. The quantitative estimate of drug-likeness (QED) is 0.0261. The highest BCUT2D eigenvalue weighted by Gasteiger charge is 2.19. The van der Waals surface area contributed by atoms with Crippen LogP contribution in [-0.4, -0.2) is 37.2 Å². The van der Waals surface area contributed by atoms with Crippen molar-refractivity contribution in [3.05, 3.63) is 85.1 Å². The van der Waals surface area contributed by atoms with Gasteiger partial charge in [-0.1, -0.05) is 266 Å². The van der Waals surface area contributed by atoms with Crippen molar-refractivity contribution in [3.63, 3.8) is 0 Å². The third-order valence-corrected chi connectivity index (χ3v) is 12.9. The Labute approximate surface area is 439 Å². The summed E-state index contributed by atoms with van der Waals surface area (Å²) in [5, 5.41) is 0. The summed E-state index contributed by atoms with van der Waals surface area (Å²) in [6, 6.07) is 0. The second kappa shape index (κ2) is 59.2. The number of esters is 3. The van der Waals surface area contributed by atoms with Gasteiger partial charge in [-0.15, -0.1) is 0 Å². The Bertz CT molecular complexity index is 1370. The van der Waals surface area contributed by atoms with Crippen molar-refractivity contribution in [1.82, 2.24) is 0 Å². The fourth-order valence-corrected chi connectivity index (χ4v) is 8.39. The Balaban J connectivity index is 4.39. The molecule has 0 rings (SSSR count). The van der Waals surface area contributed by atoms with Gasteiger partial charge in [0.25, 0.3) is 0 Å². The fraction of sp³-hybridized carbons (Fsp3) is 0.738. The maximum atomic E-state index is 12.9. The van der Waals surface area contributed by atoms with Crippen LogP contribution in [0.1, 0.15) is 290 Å². The second-order valence-electron chi connectivity index (χ2n) is 19.9. The molecule has 0 aliphatic heterocycles. The molecular weight excluding hydrogens is 877 g/mol. The summed E-state index contributed by atoms with van der Waals surface area (Å²) in [7, 11) is 0. The number of rotatable bonds is 54. The average molecular weight is 990 g/mol. The summed E-state index contributed by atoms with van der Waals surface area (Å²) in [6.07, 6.45) is 77.3. The molecule has 6 heteroatoms. The molecule has 0 fully saturated rings. The number of carbonyl (C=O) groups excluding carboxylic acids is 3. The van der Waals surface area contributed by atoms with Crippen molar-refractivity contribution >= 4 is 17.9 Å². The topological polar surface area (TPSA) is 78.9 Å². The predicted octanol–water partition coefficient (Wildman–Crippen LogP) is 20.3. The monoisotopic (exact) mass is 989 g/mol. The second-order valence-corrected chi connectivity index (χ2v) is 19.9. The van der Waals surface area contributed by atoms with Crippen molar-refractivity contribution in [1.29, 1.82) is 0 Å². The van der Waals surface area contributed by atoms with Crippen LogP contribution < -0.4 is 0 Å². The maximum absolute atomic E-state index is 12.9. The van der Waals surface area contributed by atoms with Gasteiger partial charge in [0.1, 0.15) is 13.2 Å². The van der Waals surface area contributed by atoms with Crippen LogP contribution in [0.25, 0.3) is 0 Å². The highest BCUT2D eigenvalue weighted by atomic mass is 16.6. The van der Waals surface area contributed by atoms with Gasteiger partial charge in [-0.3, -0.25) is 14.4 Å². The molecule has 0 amide bonds. The molecule has 0 spiro atoms. The number of ether oxygens (including phenoxy) is 3. The van der Waals surface area contributed by atoms with E-state index in [-0.39, 0.29) is 37.5 Å². The van der Waals surface area contributed by atoms with Gasteiger partial charge in [-0.2, -0.15) is 0 Å². The standard InChI is InChI=1S/C65H112O6/c1-4-7-10-13-16-19-22-25-27-29-31-32-34-35-37-40-43-46-49-52-55-58-64(67)70-61-62(60-69-63(66)57-54-51-48-45-42-39-24-21-18-15-12-9-6-3)71-65(68)59-56-53-50-47-44-41-38-36-33-30-28-26-23-20-17-14-11-8-5-2/h8,11-12,15,17,20-21,24,26,28,33,36,41,44,62H,4-7,9-10,13-14,16,18-19,22-23,25,27,29-32,34-35,37-40,42-43,45-61H2,1-3H3/b11-8-,15-12-,20-17-,24-21-,28-26-,36-33-,44-41-. The maximum Gasteiger partial charge on any atom is 0.306 e. The third kappa shape index (κ3) is 57.4. The van der Waals surface area contributed by atoms with Crippen molar-refractivity contribution in [2.45, 2.75) is 297 Å². The minimum Gasteiger partial charge on any atom is -0.462 e. The number of hydrogen-bond acceptors (Lipinski definition) is 6. The first-order chi connectivity index (χ1) is 35.0. The molecule has 0 aromatic rings. The minimum absolute atomic E-state index is 0.0926. The van der Waals surface area contributed by atoms with Gasteiger partial charge in [0.2, 0.25) is 0 Å². The van der Waals surface area contributed by atoms with E-state index in [0.29, 0.717) is 12.8 Å². The first-order valence-electron chi connectivity index (χ1n) is 30.1. The summed E-state index contributed by atoms with van der Waals surface area (Å²) in [5.74, 6) is -0.931. The SMILES string of the molecule is CC/C=C\C/C=C\C/C=C\C/C=C\C/C=C\CCCCCC(=O)OC(COC(=O)CCCCCCC/C=C\C/C=C\CCC)COC(=O)CCCCCCCCCCCCCCCCCCCCCCC.